The molecule has 0 amide bonds. The second-order valence-electron chi connectivity index (χ2n) is 5.62. The van der Waals surface area contributed by atoms with Crippen molar-refractivity contribution in [1.29, 1.82) is 0 Å². The summed E-state index contributed by atoms with van der Waals surface area (Å²) in [5.74, 6) is 0. The van der Waals surface area contributed by atoms with Gasteiger partial charge in [0.1, 0.15) is 20.2 Å². The first-order valence-corrected chi connectivity index (χ1v) is 10.7. The maximum atomic E-state index is 11.1. The summed E-state index contributed by atoms with van der Waals surface area (Å²) in [4.78, 5) is -0.584. The van der Waals surface area contributed by atoms with Crippen molar-refractivity contribution in [2.75, 3.05) is 0 Å². The number of hydrogen-bond donors (Lipinski definition) is 0. The van der Waals surface area contributed by atoms with E-state index in [9.17, 15) is 25.9 Å². The van der Waals surface area contributed by atoms with Crippen LogP contribution in [0, 0.1) is 0 Å². The largest absolute Gasteiger partial charge is 1.00 e. The maximum Gasteiger partial charge on any atom is 1.00 e. The fourth-order valence-corrected chi connectivity index (χ4v) is 3.77. The number of benzene rings is 2. The number of rotatable bonds is 6. The third kappa shape index (κ3) is 7.05. The average molecular weight is 440 g/mol. The van der Waals surface area contributed by atoms with Crippen molar-refractivity contribution >= 4 is 31.4 Å². The average Bonchev–Trinajstić information content (AvgIpc) is 2.58. The van der Waals surface area contributed by atoms with Crippen LogP contribution in [0.5, 0.6) is 0 Å². The summed E-state index contributed by atoms with van der Waals surface area (Å²) in [6.07, 6.45) is 1.29. The van der Waals surface area contributed by atoms with Gasteiger partial charge in [-0.1, -0.05) is 38.1 Å². The van der Waals surface area contributed by atoms with Crippen molar-refractivity contribution in [3.63, 3.8) is 0 Å². The summed E-state index contributed by atoms with van der Waals surface area (Å²) in [6, 6.07) is 11.4. The van der Waals surface area contributed by atoms with E-state index < -0.39 is 20.2 Å². The molecule has 6 nitrogen and oxygen atoms in total. The summed E-state index contributed by atoms with van der Waals surface area (Å²) in [5.41, 5.74) is 3.44. The van der Waals surface area contributed by atoms with Crippen molar-refractivity contribution in [3.8, 4) is 0 Å². The first-order valence-electron chi connectivity index (χ1n) is 7.92. The smallest absolute Gasteiger partial charge is 0.744 e. The fourth-order valence-electron chi connectivity index (χ4n) is 2.83. The molecule has 0 radical (unpaired) electrons. The minimum atomic E-state index is -4.50. The van der Waals surface area contributed by atoms with Gasteiger partial charge in [0.05, 0.1) is 9.79 Å². The number of allylic oxidation sites excluding steroid dienone is 2. The van der Waals surface area contributed by atoms with Gasteiger partial charge in [-0.15, -0.1) is 0 Å². The third-order valence-corrected chi connectivity index (χ3v) is 5.75. The quantitative estimate of drug-likeness (QED) is 0.273. The third-order valence-electron chi connectivity index (χ3n) is 4.05. The van der Waals surface area contributed by atoms with Crippen LogP contribution in [-0.4, -0.2) is 25.9 Å². The van der Waals surface area contributed by atoms with Crippen LogP contribution >= 0.6 is 0 Å². The molecule has 2 aromatic rings. The zero-order valence-electron chi connectivity index (χ0n) is 16.3. The molecule has 0 unspecified atom stereocenters. The molecular formula is C18H18Na2O6S2. The fraction of sp³-hybridized carbons (Fsp3) is 0.222. The molecular weight excluding hydrogens is 422 g/mol. The van der Waals surface area contributed by atoms with Gasteiger partial charge < -0.3 is 9.11 Å². The Kier molecular flexibility index (Phi) is 11.4. The SMILES string of the molecule is CC/C(=C(/CC)c1ccc(S(=O)(=O)[O-])cc1)c1ccc(S(=O)(=O)[O-])cc1.[Na+].[Na+]. The molecule has 140 valence electrons. The molecule has 0 bridgehead atoms. The molecule has 0 aliphatic heterocycles. The topological polar surface area (TPSA) is 114 Å². The molecule has 10 heteroatoms. The van der Waals surface area contributed by atoms with Gasteiger partial charge in [0.2, 0.25) is 0 Å². The van der Waals surface area contributed by atoms with Crippen molar-refractivity contribution in [2.24, 2.45) is 0 Å². The molecule has 0 spiro atoms. The van der Waals surface area contributed by atoms with E-state index in [0.717, 1.165) is 22.3 Å². The Morgan fingerprint density at radius 3 is 1.07 bits per heavy atom. The van der Waals surface area contributed by atoms with Gasteiger partial charge in [0, 0.05) is 0 Å². The van der Waals surface area contributed by atoms with Crippen LogP contribution in [0.3, 0.4) is 0 Å². The van der Waals surface area contributed by atoms with Crippen LogP contribution in [0.25, 0.3) is 11.1 Å². The summed E-state index contributed by atoms with van der Waals surface area (Å²) in [7, 11) is -9.00. The minimum absolute atomic E-state index is 0. The Balaban J connectivity index is 0.00000364. The molecule has 28 heavy (non-hydrogen) atoms. The van der Waals surface area contributed by atoms with Crippen molar-refractivity contribution < 1.29 is 85.1 Å². The van der Waals surface area contributed by atoms with Gasteiger partial charge in [-0.05, 0) is 59.4 Å². The molecule has 0 N–H and O–H groups in total. The molecule has 0 saturated heterocycles. The van der Waals surface area contributed by atoms with Crippen molar-refractivity contribution in [1.82, 2.24) is 0 Å². The van der Waals surface area contributed by atoms with Crippen LogP contribution < -0.4 is 59.1 Å². The van der Waals surface area contributed by atoms with E-state index in [1.807, 2.05) is 13.8 Å². The number of hydrogen-bond acceptors (Lipinski definition) is 6. The summed E-state index contributed by atoms with van der Waals surface area (Å²) in [5, 5.41) is 0. The predicted octanol–water partition coefficient (Wildman–Crippen LogP) is -2.77. The normalized spacial score (nSPS) is 12.4. The Hall–Kier alpha value is 0.000000000000000888. The molecule has 0 fully saturated rings. The van der Waals surface area contributed by atoms with Gasteiger partial charge in [-0.2, -0.15) is 0 Å². The molecule has 2 rings (SSSR count). The molecule has 2 aromatic carbocycles. The molecule has 0 atom stereocenters. The van der Waals surface area contributed by atoms with Gasteiger partial charge in [-0.3, -0.25) is 0 Å². The first-order chi connectivity index (χ1) is 12.1. The molecule has 0 aromatic heterocycles. The minimum Gasteiger partial charge on any atom is -0.744 e. The molecule has 0 saturated carbocycles. The summed E-state index contributed by atoms with van der Waals surface area (Å²) in [6.45, 7) is 3.89. The Bertz CT molecular complexity index is 941. The van der Waals surface area contributed by atoms with Crippen molar-refractivity contribution in [2.45, 2.75) is 36.5 Å². The van der Waals surface area contributed by atoms with Gasteiger partial charge in [0.15, 0.2) is 0 Å². The van der Waals surface area contributed by atoms with E-state index in [4.69, 9.17) is 0 Å². The maximum absolute atomic E-state index is 11.1. The molecule has 0 heterocycles. The Morgan fingerprint density at radius 2 is 0.893 bits per heavy atom. The zero-order chi connectivity index (χ0) is 19.5. The summed E-state index contributed by atoms with van der Waals surface area (Å²) >= 11 is 0. The monoisotopic (exact) mass is 440 g/mol. The van der Waals surface area contributed by atoms with Gasteiger partial charge in [-0.25, -0.2) is 16.8 Å². The standard InChI is InChI=1S/C18H20O6S2.2Na/c1-3-17(13-5-9-15(10-6-13)25(19,20)21)18(4-2)14-7-11-16(12-8-14)26(22,23)24;;/h5-12H,3-4H2,1-2H3,(H,19,20,21)(H,22,23,24);;/q;2*+1/p-2/b18-17+;;. The summed E-state index contributed by atoms with van der Waals surface area (Å²) < 4.78 is 66.4. The van der Waals surface area contributed by atoms with Crippen LogP contribution in [0.1, 0.15) is 37.8 Å². The van der Waals surface area contributed by atoms with E-state index in [1.165, 1.54) is 24.3 Å². The van der Waals surface area contributed by atoms with E-state index in [0.29, 0.717) is 12.8 Å². The van der Waals surface area contributed by atoms with Gasteiger partial charge >= 0.3 is 59.1 Å². The van der Waals surface area contributed by atoms with E-state index in [-0.39, 0.29) is 68.9 Å². The van der Waals surface area contributed by atoms with Crippen LogP contribution in [0.15, 0.2) is 58.3 Å². The first kappa shape index (κ1) is 28.0. The van der Waals surface area contributed by atoms with E-state index >= 15 is 0 Å². The second kappa shape index (κ2) is 11.4. The van der Waals surface area contributed by atoms with Crippen LogP contribution in [-0.2, 0) is 20.2 Å². The van der Waals surface area contributed by atoms with Crippen molar-refractivity contribution in [3.05, 3.63) is 59.7 Å². The second-order valence-corrected chi connectivity index (χ2v) is 8.38. The van der Waals surface area contributed by atoms with E-state index in [2.05, 4.69) is 0 Å². The predicted molar refractivity (Wildman–Crippen MR) is 96.2 cm³/mol. The molecule has 0 aliphatic carbocycles. The zero-order valence-corrected chi connectivity index (χ0v) is 21.9. The van der Waals surface area contributed by atoms with Gasteiger partial charge in [0.25, 0.3) is 0 Å². The van der Waals surface area contributed by atoms with Crippen LogP contribution in [0.2, 0.25) is 0 Å². The Labute approximate surface area is 210 Å². The molecule has 0 aliphatic rings. The van der Waals surface area contributed by atoms with Crippen LogP contribution in [0.4, 0.5) is 0 Å². The van der Waals surface area contributed by atoms with E-state index in [1.54, 1.807) is 24.3 Å². The Morgan fingerprint density at radius 1 is 0.643 bits per heavy atom.